The smallest absolute Gasteiger partial charge is 0.193 e. The van der Waals surface area contributed by atoms with E-state index < -0.39 is 19.5 Å². The third kappa shape index (κ3) is 9.12. The van der Waals surface area contributed by atoms with Crippen LogP contribution in [0, 0.1) is 11.3 Å². The largest absolute Gasteiger partial charge is 0.508 e. The average molecular weight is 662 g/mol. The van der Waals surface area contributed by atoms with Crippen molar-refractivity contribution in [1.82, 2.24) is 5.32 Å². The quantitative estimate of drug-likeness (QED) is 0.161. The van der Waals surface area contributed by atoms with Gasteiger partial charge in [0.25, 0.3) is 0 Å². The summed E-state index contributed by atoms with van der Waals surface area (Å²) in [5.74, 6) is -0.329. The van der Waals surface area contributed by atoms with Crippen LogP contribution in [0.15, 0.2) is 84.9 Å². The molecule has 1 unspecified atom stereocenters. The number of ether oxygens (including phenoxy) is 4. The lowest BCUT2D eigenvalue weighted by atomic mass is 9.67. The fourth-order valence-corrected chi connectivity index (χ4v) is 8.01. The minimum atomic E-state index is -2.08. The number of hydrogen-bond acceptors (Lipinski definition) is 7. The standard InChI is InChI=1S/C39H55NO6Si/c1-37(2,3)47(4,5)46-36-21-20-34(24-39(36)44-22-23-45-39)38(29-42-26-31-14-8-6-9-15-31,30-43-27-32-16-10-7-11-17-32)28-40-25-33-18-12-13-19-35(33)41/h6-19,34,36,40-41H,20-30H2,1-5H3/t34-,36?/m0/s1. The lowest BCUT2D eigenvalue weighted by Crippen LogP contribution is -2.59. The Balaban J connectivity index is 1.42. The molecule has 2 aliphatic rings. The molecule has 1 saturated heterocycles. The van der Waals surface area contributed by atoms with Gasteiger partial charge in [-0.3, -0.25) is 0 Å². The maximum absolute atomic E-state index is 10.5. The molecule has 0 bridgehead atoms. The first-order valence-electron chi connectivity index (χ1n) is 17.2. The van der Waals surface area contributed by atoms with E-state index >= 15 is 0 Å². The number of nitrogens with one attached hydrogen (secondary N) is 1. The van der Waals surface area contributed by atoms with Crippen LogP contribution in [-0.4, -0.2) is 58.3 Å². The molecule has 1 spiro atoms. The van der Waals surface area contributed by atoms with E-state index in [1.54, 1.807) is 6.07 Å². The van der Waals surface area contributed by atoms with Crippen LogP contribution in [0.5, 0.6) is 5.75 Å². The molecule has 1 saturated carbocycles. The summed E-state index contributed by atoms with van der Waals surface area (Å²) < 4.78 is 33.4. The number of hydrogen-bond donors (Lipinski definition) is 2. The van der Waals surface area contributed by atoms with E-state index in [2.05, 4.69) is 63.4 Å². The maximum Gasteiger partial charge on any atom is 0.193 e. The van der Waals surface area contributed by atoms with Crippen LogP contribution < -0.4 is 5.32 Å². The van der Waals surface area contributed by atoms with E-state index in [0.29, 0.717) is 64.9 Å². The van der Waals surface area contributed by atoms with Crippen LogP contribution in [-0.2, 0) is 43.1 Å². The normalized spacial score (nSPS) is 20.1. The summed E-state index contributed by atoms with van der Waals surface area (Å²) in [4.78, 5) is 0. The van der Waals surface area contributed by atoms with E-state index in [0.717, 1.165) is 29.5 Å². The van der Waals surface area contributed by atoms with Crippen molar-refractivity contribution in [1.29, 1.82) is 0 Å². The first-order valence-corrected chi connectivity index (χ1v) is 20.1. The molecule has 1 heterocycles. The molecule has 1 aliphatic heterocycles. The van der Waals surface area contributed by atoms with Gasteiger partial charge in [-0.1, -0.05) is 99.6 Å². The molecule has 8 heteroatoms. The van der Waals surface area contributed by atoms with Crippen molar-refractivity contribution >= 4 is 8.32 Å². The molecular formula is C39H55NO6Si. The molecule has 7 nitrogen and oxygen atoms in total. The summed E-state index contributed by atoms with van der Waals surface area (Å²) in [6, 6.07) is 28.1. The predicted octanol–water partition coefficient (Wildman–Crippen LogP) is 7.84. The zero-order valence-electron chi connectivity index (χ0n) is 29.0. The highest BCUT2D eigenvalue weighted by atomic mass is 28.4. The van der Waals surface area contributed by atoms with Gasteiger partial charge in [0.2, 0.25) is 0 Å². The van der Waals surface area contributed by atoms with Gasteiger partial charge < -0.3 is 33.8 Å². The van der Waals surface area contributed by atoms with Crippen molar-refractivity contribution in [3.05, 3.63) is 102 Å². The number of phenols is 1. The fourth-order valence-electron chi connectivity index (χ4n) is 6.65. The molecular weight excluding hydrogens is 607 g/mol. The lowest BCUT2D eigenvalue weighted by Gasteiger charge is -2.51. The number of para-hydroxylation sites is 1. The van der Waals surface area contributed by atoms with E-state index in [9.17, 15) is 5.11 Å². The zero-order chi connectivity index (χ0) is 33.4. The van der Waals surface area contributed by atoms with Crippen LogP contribution in [0.25, 0.3) is 0 Å². The Morgan fingerprint density at radius 1 is 0.809 bits per heavy atom. The summed E-state index contributed by atoms with van der Waals surface area (Å²) in [5, 5.41) is 14.3. The zero-order valence-corrected chi connectivity index (χ0v) is 30.0. The van der Waals surface area contributed by atoms with E-state index in [1.165, 1.54) is 0 Å². The second-order valence-corrected chi connectivity index (χ2v) is 19.7. The maximum atomic E-state index is 10.5. The Kier molecular flexibility index (Phi) is 12.0. The van der Waals surface area contributed by atoms with Crippen LogP contribution in [0.2, 0.25) is 18.1 Å². The molecule has 2 N–H and O–H groups in total. The third-order valence-electron chi connectivity index (χ3n) is 10.5. The van der Waals surface area contributed by atoms with Crippen molar-refractivity contribution < 1.29 is 28.5 Å². The molecule has 0 amide bonds. The Bertz CT molecular complexity index is 1330. The van der Waals surface area contributed by atoms with Crippen molar-refractivity contribution in [3.63, 3.8) is 0 Å². The van der Waals surface area contributed by atoms with E-state index in [-0.39, 0.29) is 17.1 Å². The van der Waals surface area contributed by atoms with E-state index in [1.807, 2.05) is 54.6 Å². The molecule has 2 atom stereocenters. The molecule has 5 rings (SSSR count). The number of rotatable bonds is 15. The van der Waals surface area contributed by atoms with Crippen LogP contribution in [0.3, 0.4) is 0 Å². The highest BCUT2D eigenvalue weighted by molar-refractivity contribution is 6.74. The number of benzene rings is 3. The van der Waals surface area contributed by atoms with Crippen LogP contribution >= 0.6 is 0 Å². The molecule has 47 heavy (non-hydrogen) atoms. The van der Waals surface area contributed by atoms with Crippen molar-refractivity contribution in [3.8, 4) is 5.75 Å². The minimum absolute atomic E-state index is 0.0802. The average Bonchev–Trinajstić information content (AvgIpc) is 3.52. The molecule has 3 aromatic carbocycles. The Morgan fingerprint density at radius 2 is 1.36 bits per heavy atom. The van der Waals surface area contributed by atoms with Crippen LogP contribution in [0.4, 0.5) is 0 Å². The molecule has 2 fully saturated rings. The monoisotopic (exact) mass is 661 g/mol. The molecule has 0 radical (unpaired) electrons. The van der Waals surface area contributed by atoms with Gasteiger partial charge in [0, 0.05) is 30.5 Å². The fraction of sp³-hybridized carbons (Fsp3) is 0.538. The van der Waals surface area contributed by atoms with Crippen molar-refractivity contribution in [2.45, 2.75) is 89.8 Å². The molecule has 3 aromatic rings. The molecule has 0 aromatic heterocycles. The van der Waals surface area contributed by atoms with Gasteiger partial charge >= 0.3 is 0 Å². The Hall–Kier alpha value is -2.56. The minimum Gasteiger partial charge on any atom is -0.508 e. The van der Waals surface area contributed by atoms with Gasteiger partial charge in [0.05, 0.1) is 45.7 Å². The van der Waals surface area contributed by atoms with Gasteiger partial charge in [-0.2, -0.15) is 0 Å². The topological polar surface area (TPSA) is 78.4 Å². The SMILES string of the molecule is CC(C)(C)[Si](C)(C)OC1CC[C@H](C(CNCc2ccccc2O)(COCc2ccccc2)COCc2ccccc2)CC12OCCO2. The summed E-state index contributed by atoms with van der Waals surface area (Å²) >= 11 is 0. The summed E-state index contributed by atoms with van der Waals surface area (Å²) in [5.41, 5.74) is 2.73. The van der Waals surface area contributed by atoms with Crippen molar-refractivity contribution in [2.24, 2.45) is 11.3 Å². The third-order valence-corrected chi connectivity index (χ3v) is 15.0. The molecule has 1 aliphatic carbocycles. The summed E-state index contributed by atoms with van der Waals surface area (Å²) in [7, 11) is -2.08. The summed E-state index contributed by atoms with van der Waals surface area (Å²) in [6.45, 7) is 15.8. The van der Waals surface area contributed by atoms with Crippen LogP contribution in [0.1, 0.15) is 56.7 Å². The number of aromatic hydroxyl groups is 1. The second kappa shape index (κ2) is 15.8. The highest BCUT2D eigenvalue weighted by Crippen LogP contribution is 2.50. The first kappa shape index (κ1) is 35.7. The lowest BCUT2D eigenvalue weighted by molar-refractivity contribution is -0.252. The van der Waals surface area contributed by atoms with Gasteiger partial charge in [0.15, 0.2) is 14.1 Å². The number of phenolic OH excluding ortho intramolecular Hbond substituents is 1. The first-order chi connectivity index (χ1) is 22.5. The summed E-state index contributed by atoms with van der Waals surface area (Å²) in [6.07, 6.45) is 2.36. The Labute approximate surface area is 283 Å². The van der Waals surface area contributed by atoms with Gasteiger partial charge in [-0.15, -0.1) is 0 Å². The Morgan fingerprint density at radius 3 is 1.91 bits per heavy atom. The highest BCUT2D eigenvalue weighted by Gasteiger charge is 2.56. The van der Waals surface area contributed by atoms with Crippen molar-refractivity contribution in [2.75, 3.05) is 33.0 Å². The van der Waals surface area contributed by atoms with Gasteiger partial charge in [-0.25, -0.2) is 0 Å². The van der Waals surface area contributed by atoms with Gasteiger partial charge in [0.1, 0.15) is 5.75 Å². The van der Waals surface area contributed by atoms with Gasteiger partial charge in [-0.05, 0) is 54.1 Å². The molecule has 256 valence electrons. The predicted molar refractivity (Wildman–Crippen MR) is 188 cm³/mol. The van der Waals surface area contributed by atoms with E-state index in [4.69, 9.17) is 23.4 Å². The second-order valence-electron chi connectivity index (χ2n) is 14.9.